The number of hydrogen-bond donors (Lipinski definition) is 2. The first-order valence-corrected chi connectivity index (χ1v) is 2.76. The van der Waals surface area contributed by atoms with Crippen molar-refractivity contribution in [2.24, 2.45) is 0 Å². The molecular weight excluding hydrogens is 124 g/mol. The lowest BCUT2D eigenvalue weighted by Crippen LogP contribution is -2.15. The summed E-state index contributed by atoms with van der Waals surface area (Å²) in [5.41, 5.74) is 0. The molecule has 4 heteroatoms. The number of hydrogen-bond acceptors (Lipinski definition) is 4. The zero-order valence-corrected chi connectivity index (χ0v) is 5.41. The van der Waals surface area contributed by atoms with Crippen LogP contribution in [0, 0.1) is 0 Å². The molecule has 0 aliphatic carbocycles. The molecule has 1 unspecified atom stereocenters. The molecule has 0 spiro atoms. The normalized spacial score (nSPS) is 13.7. The van der Waals surface area contributed by atoms with E-state index in [-0.39, 0.29) is 20.0 Å². The molecule has 0 saturated heterocycles. The fourth-order valence-electron chi connectivity index (χ4n) is 0.372. The van der Waals surface area contributed by atoms with Gasteiger partial charge in [-0.25, -0.2) is 0 Å². The number of ether oxygens (including phenoxy) is 2. The highest BCUT2D eigenvalue weighted by Crippen LogP contribution is 1.89. The number of aliphatic hydroxyl groups excluding tert-OH is 2. The Bertz CT molecular complexity index is 56.9. The summed E-state index contributed by atoms with van der Waals surface area (Å²) in [5, 5.41) is 16.4. The summed E-state index contributed by atoms with van der Waals surface area (Å²) >= 11 is 0. The molecule has 4 nitrogen and oxygen atoms in total. The van der Waals surface area contributed by atoms with Crippen LogP contribution in [0.2, 0.25) is 0 Å². The molecule has 9 heavy (non-hydrogen) atoms. The first-order chi connectivity index (χ1) is 4.31. The standard InChI is InChI=1S/C5H12O4/c1-5(9-4-7)8-3-2-6/h5-7H,2-4H2,1H3. The molecule has 0 heterocycles. The molecule has 2 N–H and O–H groups in total. The van der Waals surface area contributed by atoms with Crippen LogP contribution in [-0.2, 0) is 9.47 Å². The van der Waals surface area contributed by atoms with E-state index in [9.17, 15) is 0 Å². The van der Waals surface area contributed by atoms with Gasteiger partial charge in [0.2, 0.25) is 0 Å². The summed E-state index contributed by atoms with van der Waals surface area (Å²) < 4.78 is 9.37. The van der Waals surface area contributed by atoms with Gasteiger partial charge in [0.05, 0.1) is 13.2 Å². The third-order valence-electron chi connectivity index (χ3n) is 0.753. The number of rotatable bonds is 5. The molecule has 0 aliphatic heterocycles. The molecule has 0 aromatic rings. The van der Waals surface area contributed by atoms with E-state index in [0.717, 1.165) is 0 Å². The van der Waals surface area contributed by atoms with Gasteiger partial charge < -0.3 is 19.7 Å². The van der Waals surface area contributed by atoms with E-state index >= 15 is 0 Å². The van der Waals surface area contributed by atoms with Crippen LogP contribution >= 0.6 is 0 Å². The SMILES string of the molecule is CC(OCO)OCCO. The molecule has 0 aliphatic rings. The van der Waals surface area contributed by atoms with Crippen LogP contribution in [0.25, 0.3) is 0 Å². The van der Waals surface area contributed by atoms with Crippen molar-refractivity contribution in [2.75, 3.05) is 20.0 Å². The predicted molar refractivity (Wildman–Crippen MR) is 30.7 cm³/mol. The average Bonchev–Trinajstić information content (AvgIpc) is 1.85. The van der Waals surface area contributed by atoms with Crippen molar-refractivity contribution < 1.29 is 19.7 Å². The summed E-state index contributed by atoms with van der Waals surface area (Å²) in [6.45, 7) is 1.50. The second-order valence-electron chi connectivity index (χ2n) is 1.46. The number of aliphatic hydroxyl groups is 2. The monoisotopic (exact) mass is 136 g/mol. The Kier molecular flexibility index (Phi) is 5.86. The quantitative estimate of drug-likeness (QED) is 0.491. The third kappa shape index (κ3) is 5.72. The van der Waals surface area contributed by atoms with Crippen LogP contribution < -0.4 is 0 Å². The Morgan fingerprint density at radius 3 is 2.44 bits per heavy atom. The molecule has 0 bridgehead atoms. The lowest BCUT2D eigenvalue weighted by atomic mass is 10.7. The summed E-state index contributed by atoms with van der Waals surface area (Å²) in [4.78, 5) is 0. The van der Waals surface area contributed by atoms with Gasteiger partial charge in [-0.05, 0) is 6.92 Å². The molecule has 0 aromatic heterocycles. The molecule has 0 rings (SSSR count). The van der Waals surface area contributed by atoms with Crippen LogP contribution in [0.5, 0.6) is 0 Å². The Balaban J connectivity index is 2.95. The van der Waals surface area contributed by atoms with Crippen molar-refractivity contribution in [1.82, 2.24) is 0 Å². The molecular formula is C5H12O4. The first-order valence-electron chi connectivity index (χ1n) is 2.76. The highest BCUT2D eigenvalue weighted by atomic mass is 16.7. The Morgan fingerprint density at radius 2 is 2.00 bits per heavy atom. The van der Waals surface area contributed by atoms with Crippen molar-refractivity contribution in [3.8, 4) is 0 Å². The first kappa shape index (κ1) is 8.84. The highest BCUT2D eigenvalue weighted by molar-refractivity contribution is 4.28. The molecule has 0 aromatic carbocycles. The second-order valence-corrected chi connectivity index (χ2v) is 1.46. The minimum atomic E-state index is -0.442. The summed E-state index contributed by atoms with van der Waals surface area (Å²) in [6, 6.07) is 0. The van der Waals surface area contributed by atoms with Gasteiger partial charge in [-0.3, -0.25) is 0 Å². The fourth-order valence-corrected chi connectivity index (χ4v) is 0.372. The molecule has 56 valence electrons. The van der Waals surface area contributed by atoms with Crippen LogP contribution in [0.4, 0.5) is 0 Å². The third-order valence-corrected chi connectivity index (χ3v) is 0.753. The lowest BCUT2D eigenvalue weighted by molar-refractivity contribution is -0.174. The highest BCUT2D eigenvalue weighted by Gasteiger charge is 1.97. The van der Waals surface area contributed by atoms with Gasteiger partial charge in [-0.1, -0.05) is 0 Å². The average molecular weight is 136 g/mol. The minimum absolute atomic E-state index is 0.0286. The molecule has 0 saturated carbocycles. The topological polar surface area (TPSA) is 58.9 Å². The van der Waals surface area contributed by atoms with Crippen molar-refractivity contribution in [2.45, 2.75) is 13.2 Å². The van der Waals surface area contributed by atoms with Gasteiger partial charge in [-0.2, -0.15) is 0 Å². The van der Waals surface area contributed by atoms with E-state index in [1.807, 2.05) is 0 Å². The van der Waals surface area contributed by atoms with Crippen LogP contribution in [-0.4, -0.2) is 36.5 Å². The van der Waals surface area contributed by atoms with Gasteiger partial charge in [0.1, 0.15) is 6.79 Å². The largest absolute Gasteiger partial charge is 0.394 e. The van der Waals surface area contributed by atoms with Gasteiger partial charge >= 0.3 is 0 Å². The van der Waals surface area contributed by atoms with E-state index in [2.05, 4.69) is 4.74 Å². The smallest absolute Gasteiger partial charge is 0.157 e. The van der Waals surface area contributed by atoms with Crippen LogP contribution in [0.3, 0.4) is 0 Å². The van der Waals surface area contributed by atoms with Crippen LogP contribution in [0.15, 0.2) is 0 Å². The molecule has 0 radical (unpaired) electrons. The summed E-state index contributed by atoms with van der Waals surface area (Å²) in [6.07, 6.45) is -0.442. The van der Waals surface area contributed by atoms with Crippen molar-refractivity contribution in [3.05, 3.63) is 0 Å². The van der Waals surface area contributed by atoms with Gasteiger partial charge in [0.15, 0.2) is 6.29 Å². The maximum Gasteiger partial charge on any atom is 0.157 e. The van der Waals surface area contributed by atoms with Gasteiger partial charge in [0, 0.05) is 0 Å². The van der Waals surface area contributed by atoms with Gasteiger partial charge in [0.25, 0.3) is 0 Å². The van der Waals surface area contributed by atoms with Gasteiger partial charge in [-0.15, -0.1) is 0 Å². The van der Waals surface area contributed by atoms with E-state index in [4.69, 9.17) is 14.9 Å². The lowest BCUT2D eigenvalue weighted by Gasteiger charge is -2.09. The van der Waals surface area contributed by atoms with Crippen molar-refractivity contribution in [3.63, 3.8) is 0 Å². The molecule has 0 fully saturated rings. The van der Waals surface area contributed by atoms with E-state index in [0.29, 0.717) is 0 Å². The Morgan fingerprint density at radius 1 is 1.33 bits per heavy atom. The summed E-state index contributed by atoms with van der Waals surface area (Å²) in [5.74, 6) is 0. The van der Waals surface area contributed by atoms with Crippen LogP contribution in [0.1, 0.15) is 6.92 Å². The Labute approximate surface area is 54.0 Å². The molecule has 1 atom stereocenters. The Hall–Kier alpha value is -0.160. The van der Waals surface area contributed by atoms with E-state index in [1.54, 1.807) is 6.92 Å². The minimum Gasteiger partial charge on any atom is -0.394 e. The summed E-state index contributed by atoms with van der Waals surface area (Å²) in [7, 11) is 0. The fraction of sp³-hybridized carbons (Fsp3) is 1.00. The van der Waals surface area contributed by atoms with E-state index < -0.39 is 6.29 Å². The van der Waals surface area contributed by atoms with E-state index in [1.165, 1.54) is 0 Å². The molecule has 0 amide bonds. The zero-order chi connectivity index (χ0) is 7.11. The zero-order valence-electron chi connectivity index (χ0n) is 5.41. The maximum absolute atomic E-state index is 8.24. The second kappa shape index (κ2) is 5.97. The maximum atomic E-state index is 8.24. The van der Waals surface area contributed by atoms with Crippen molar-refractivity contribution >= 4 is 0 Å². The van der Waals surface area contributed by atoms with Crippen molar-refractivity contribution in [1.29, 1.82) is 0 Å². The predicted octanol–water partition coefficient (Wildman–Crippen LogP) is -0.692.